The van der Waals surface area contributed by atoms with Crippen molar-refractivity contribution < 1.29 is 38.1 Å². The monoisotopic (exact) mass is 542 g/mol. The van der Waals surface area contributed by atoms with E-state index in [1.807, 2.05) is 60.7 Å². The van der Waals surface area contributed by atoms with Crippen LogP contribution in [0.4, 0.5) is 9.59 Å². The molecule has 0 spiro atoms. The van der Waals surface area contributed by atoms with Crippen LogP contribution in [0.1, 0.15) is 45.7 Å². The highest BCUT2D eigenvalue weighted by Gasteiger charge is 2.30. The first-order chi connectivity index (χ1) is 18.6. The molecular weight excluding hydrogens is 504 g/mol. The minimum atomic E-state index is -0.962. The first-order valence-corrected chi connectivity index (χ1v) is 12.9. The standard InChI is InChI=1S/C29H38N2O8/c1-19(2)24(30-28(34)37-17-22-12-8-6-9-13-22)26(32)36-16-21(5)39-27(33)25(20(3)4)31-29(35)38-18-23-14-10-7-11-15-23/h6-15,19-21,24-25H,16-18H2,1-5H3,(H,30,34)(H,31,35)/t21?,24-,25-/m0/s1. The summed E-state index contributed by atoms with van der Waals surface area (Å²) in [5, 5.41) is 5.05. The molecular formula is C29H38N2O8. The van der Waals surface area contributed by atoms with E-state index in [9.17, 15) is 19.2 Å². The van der Waals surface area contributed by atoms with E-state index < -0.39 is 42.3 Å². The molecule has 2 aromatic rings. The average molecular weight is 543 g/mol. The molecule has 2 N–H and O–H groups in total. The summed E-state index contributed by atoms with van der Waals surface area (Å²) in [6, 6.07) is 16.4. The Kier molecular flexibility index (Phi) is 12.8. The quantitative estimate of drug-likeness (QED) is 0.282. The fourth-order valence-electron chi connectivity index (χ4n) is 3.37. The lowest BCUT2D eigenvalue weighted by atomic mass is 10.0. The third-order valence-corrected chi connectivity index (χ3v) is 5.59. The zero-order valence-electron chi connectivity index (χ0n) is 23.0. The molecule has 0 bridgehead atoms. The maximum absolute atomic E-state index is 12.7. The van der Waals surface area contributed by atoms with Gasteiger partial charge in [0.05, 0.1) is 0 Å². The summed E-state index contributed by atoms with van der Waals surface area (Å²) in [4.78, 5) is 49.8. The summed E-state index contributed by atoms with van der Waals surface area (Å²) in [6.45, 7) is 8.45. The van der Waals surface area contributed by atoms with Crippen molar-refractivity contribution in [3.8, 4) is 0 Å². The summed E-state index contributed by atoms with van der Waals surface area (Å²) in [5.41, 5.74) is 1.62. The second-order valence-corrected chi connectivity index (χ2v) is 9.73. The van der Waals surface area contributed by atoms with E-state index in [1.165, 1.54) is 0 Å². The van der Waals surface area contributed by atoms with E-state index >= 15 is 0 Å². The first-order valence-electron chi connectivity index (χ1n) is 12.9. The zero-order chi connectivity index (χ0) is 28.8. The maximum atomic E-state index is 12.7. The topological polar surface area (TPSA) is 129 Å². The molecule has 212 valence electrons. The molecule has 0 saturated heterocycles. The molecule has 2 rings (SSSR count). The lowest BCUT2D eigenvalue weighted by Gasteiger charge is -2.24. The lowest BCUT2D eigenvalue weighted by Crippen LogP contribution is -2.47. The molecule has 39 heavy (non-hydrogen) atoms. The van der Waals surface area contributed by atoms with Crippen molar-refractivity contribution in [2.75, 3.05) is 6.61 Å². The number of hydrogen-bond acceptors (Lipinski definition) is 8. The van der Waals surface area contributed by atoms with Gasteiger partial charge in [-0.2, -0.15) is 0 Å². The predicted molar refractivity (Wildman–Crippen MR) is 143 cm³/mol. The van der Waals surface area contributed by atoms with Crippen LogP contribution in [0.2, 0.25) is 0 Å². The van der Waals surface area contributed by atoms with E-state index in [0.29, 0.717) is 0 Å². The maximum Gasteiger partial charge on any atom is 0.408 e. The Labute approximate surface area is 229 Å². The van der Waals surface area contributed by atoms with E-state index in [2.05, 4.69) is 10.6 Å². The van der Waals surface area contributed by atoms with Crippen LogP contribution in [0.3, 0.4) is 0 Å². The fraction of sp³-hybridized carbons (Fsp3) is 0.448. The van der Waals surface area contributed by atoms with Crippen LogP contribution in [0.25, 0.3) is 0 Å². The van der Waals surface area contributed by atoms with Crippen molar-refractivity contribution in [2.24, 2.45) is 11.8 Å². The Morgan fingerprint density at radius 2 is 1.03 bits per heavy atom. The van der Waals surface area contributed by atoms with Gasteiger partial charge in [0.25, 0.3) is 0 Å². The van der Waals surface area contributed by atoms with Gasteiger partial charge in [-0.15, -0.1) is 0 Å². The van der Waals surface area contributed by atoms with Gasteiger partial charge in [-0.1, -0.05) is 88.4 Å². The summed E-state index contributed by atoms with van der Waals surface area (Å²) in [5.74, 6) is -1.94. The van der Waals surface area contributed by atoms with Gasteiger partial charge in [0.15, 0.2) is 0 Å². The smallest absolute Gasteiger partial charge is 0.408 e. The minimum Gasteiger partial charge on any atom is -0.460 e. The Morgan fingerprint density at radius 3 is 1.44 bits per heavy atom. The molecule has 0 aliphatic carbocycles. The van der Waals surface area contributed by atoms with Crippen molar-refractivity contribution in [1.29, 1.82) is 0 Å². The number of ether oxygens (including phenoxy) is 4. The van der Waals surface area contributed by atoms with Gasteiger partial charge in [-0.3, -0.25) is 0 Å². The number of amides is 2. The normalized spacial score (nSPS) is 13.1. The number of esters is 2. The van der Waals surface area contributed by atoms with Crippen LogP contribution in [-0.2, 0) is 41.8 Å². The van der Waals surface area contributed by atoms with Gasteiger partial charge in [-0.05, 0) is 29.9 Å². The first kappa shape index (κ1) is 31.1. The van der Waals surface area contributed by atoms with E-state index in [4.69, 9.17) is 18.9 Å². The number of carbonyl (C=O) groups excluding carboxylic acids is 4. The highest BCUT2D eigenvalue weighted by molar-refractivity contribution is 5.82. The van der Waals surface area contributed by atoms with Gasteiger partial charge in [-0.25, -0.2) is 19.2 Å². The number of alkyl carbamates (subject to hydrolysis) is 2. The van der Waals surface area contributed by atoms with Crippen molar-refractivity contribution in [1.82, 2.24) is 10.6 Å². The van der Waals surface area contributed by atoms with Crippen LogP contribution >= 0.6 is 0 Å². The number of hydrogen-bond donors (Lipinski definition) is 2. The molecule has 0 heterocycles. The number of carbonyl (C=O) groups is 4. The van der Waals surface area contributed by atoms with Gasteiger partial charge in [0.2, 0.25) is 0 Å². The van der Waals surface area contributed by atoms with Crippen LogP contribution in [0.15, 0.2) is 60.7 Å². The molecule has 0 fully saturated rings. The zero-order valence-corrected chi connectivity index (χ0v) is 23.0. The summed E-state index contributed by atoms with van der Waals surface area (Å²) >= 11 is 0. The Morgan fingerprint density at radius 1 is 0.615 bits per heavy atom. The molecule has 2 amide bonds. The SMILES string of the molecule is CC(COC(=O)[C@@H](NC(=O)OCc1ccccc1)C(C)C)OC(=O)[C@@H](NC(=O)OCc1ccccc1)C(C)C. The van der Waals surface area contributed by atoms with Gasteiger partial charge in [0.1, 0.15) is 38.0 Å². The molecule has 0 radical (unpaired) electrons. The summed E-state index contributed by atoms with van der Waals surface area (Å²) < 4.78 is 21.1. The number of rotatable bonds is 13. The van der Waals surface area contributed by atoms with Crippen LogP contribution in [0, 0.1) is 11.8 Å². The van der Waals surface area contributed by atoms with Gasteiger partial charge in [0, 0.05) is 0 Å². The summed E-state index contributed by atoms with van der Waals surface area (Å²) in [6.07, 6.45) is -2.31. The molecule has 1 unspecified atom stereocenters. The molecule has 0 aliphatic heterocycles. The fourth-order valence-corrected chi connectivity index (χ4v) is 3.37. The van der Waals surface area contributed by atoms with Crippen molar-refractivity contribution in [3.63, 3.8) is 0 Å². The second-order valence-electron chi connectivity index (χ2n) is 9.73. The number of benzene rings is 2. The minimum absolute atomic E-state index is 0.0593. The lowest BCUT2D eigenvalue weighted by molar-refractivity contribution is -0.161. The van der Waals surface area contributed by atoms with Crippen molar-refractivity contribution >= 4 is 24.1 Å². The largest absolute Gasteiger partial charge is 0.460 e. The Balaban J connectivity index is 1.80. The van der Waals surface area contributed by atoms with E-state index in [1.54, 1.807) is 34.6 Å². The number of nitrogens with one attached hydrogen (secondary N) is 2. The summed E-state index contributed by atoms with van der Waals surface area (Å²) in [7, 11) is 0. The average Bonchev–Trinajstić information content (AvgIpc) is 2.91. The van der Waals surface area contributed by atoms with E-state index in [-0.39, 0.29) is 31.7 Å². The highest BCUT2D eigenvalue weighted by atomic mass is 16.6. The van der Waals surface area contributed by atoms with Crippen LogP contribution < -0.4 is 10.6 Å². The third-order valence-electron chi connectivity index (χ3n) is 5.59. The molecule has 10 heteroatoms. The molecule has 0 saturated carbocycles. The van der Waals surface area contributed by atoms with Crippen LogP contribution in [-0.4, -0.2) is 48.9 Å². The highest BCUT2D eigenvalue weighted by Crippen LogP contribution is 2.10. The third kappa shape index (κ3) is 11.5. The Bertz CT molecular complexity index is 1060. The van der Waals surface area contributed by atoms with E-state index in [0.717, 1.165) is 11.1 Å². The molecule has 0 aliphatic rings. The molecule has 3 atom stereocenters. The Hall–Kier alpha value is -4.08. The predicted octanol–water partition coefficient (Wildman–Crippen LogP) is 4.36. The van der Waals surface area contributed by atoms with Gasteiger partial charge < -0.3 is 29.6 Å². The van der Waals surface area contributed by atoms with Crippen molar-refractivity contribution in [3.05, 3.63) is 71.8 Å². The van der Waals surface area contributed by atoms with Gasteiger partial charge >= 0.3 is 24.1 Å². The second kappa shape index (κ2) is 16.0. The molecule has 2 aromatic carbocycles. The van der Waals surface area contributed by atoms with Crippen LogP contribution in [0.5, 0.6) is 0 Å². The van der Waals surface area contributed by atoms with Crippen molar-refractivity contribution in [2.45, 2.75) is 66.0 Å². The molecule has 0 aromatic heterocycles. The molecule has 10 nitrogen and oxygen atoms in total.